The molecule has 1 N–H and O–H groups in total. The molecule has 15 heavy (non-hydrogen) atoms. The molecule has 0 saturated heterocycles. The number of likely N-dealkylation sites (N-methyl/N-ethyl adjacent to an activating group) is 1. The van der Waals surface area contributed by atoms with Gasteiger partial charge in [-0.1, -0.05) is 0 Å². The zero-order valence-corrected chi connectivity index (χ0v) is 8.20. The van der Waals surface area contributed by atoms with Gasteiger partial charge in [-0.05, 0) is 12.1 Å². The fourth-order valence-corrected chi connectivity index (χ4v) is 1.36. The Bertz CT molecular complexity index is 506. The molecule has 78 valence electrons. The summed E-state index contributed by atoms with van der Waals surface area (Å²) in [4.78, 5) is 15.3. The number of nitrogens with one attached hydrogen (secondary N) is 1. The number of carbonyl (C=O) groups is 1. The van der Waals surface area contributed by atoms with Gasteiger partial charge in [0.2, 0.25) is 5.91 Å². The Balaban J connectivity index is 2.34. The summed E-state index contributed by atoms with van der Waals surface area (Å²) in [6, 6.07) is 2.91. The molecule has 2 rings (SSSR count). The highest BCUT2D eigenvalue weighted by Crippen LogP contribution is 2.07. The van der Waals surface area contributed by atoms with Crippen molar-refractivity contribution in [3.05, 3.63) is 36.0 Å². The Kier molecular flexibility index (Phi) is 2.37. The first-order chi connectivity index (χ1) is 7.19. The Morgan fingerprint density at radius 2 is 2.33 bits per heavy atom. The number of nitrogens with zero attached hydrogens (tertiary/aromatic N) is 2. The quantitative estimate of drug-likeness (QED) is 0.790. The lowest BCUT2D eigenvalue weighted by Crippen LogP contribution is -2.19. The van der Waals surface area contributed by atoms with Crippen molar-refractivity contribution < 1.29 is 9.18 Å². The number of rotatable bonds is 2. The summed E-state index contributed by atoms with van der Waals surface area (Å²) in [6.45, 7) is 0. The molecule has 0 saturated carbocycles. The maximum absolute atomic E-state index is 12.8. The van der Waals surface area contributed by atoms with Crippen LogP contribution in [-0.4, -0.2) is 22.3 Å². The Morgan fingerprint density at radius 1 is 1.53 bits per heavy atom. The Morgan fingerprint density at radius 3 is 3.07 bits per heavy atom. The molecule has 0 aliphatic rings. The molecule has 4 nitrogen and oxygen atoms in total. The zero-order valence-electron chi connectivity index (χ0n) is 8.20. The van der Waals surface area contributed by atoms with Gasteiger partial charge in [0.15, 0.2) is 0 Å². The third kappa shape index (κ3) is 1.96. The minimum Gasteiger partial charge on any atom is -0.359 e. The van der Waals surface area contributed by atoms with Crippen molar-refractivity contribution in [2.45, 2.75) is 6.42 Å². The normalized spacial score (nSPS) is 10.5. The van der Waals surface area contributed by atoms with Crippen LogP contribution in [0.25, 0.3) is 5.65 Å². The molecule has 0 radical (unpaired) electrons. The Hall–Kier alpha value is -1.91. The number of aromatic nitrogens is 2. The summed E-state index contributed by atoms with van der Waals surface area (Å²) in [5.41, 5.74) is 1.26. The number of amides is 1. The van der Waals surface area contributed by atoms with E-state index in [2.05, 4.69) is 10.3 Å². The monoisotopic (exact) mass is 207 g/mol. The van der Waals surface area contributed by atoms with Crippen molar-refractivity contribution in [1.82, 2.24) is 14.7 Å². The number of halogens is 1. The lowest BCUT2D eigenvalue weighted by molar-refractivity contribution is -0.120. The van der Waals surface area contributed by atoms with Gasteiger partial charge in [-0.25, -0.2) is 9.37 Å². The van der Waals surface area contributed by atoms with E-state index >= 15 is 0 Å². The molecule has 0 unspecified atom stereocenters. The van der Waals surface area contributed by atoms with Crippen LogP contribution < -0.4 is 5.32 Å². The molecule has 0 fully saturated rings. The first kappa shape index (κ1) is 9.64. The topological polar surface area (TPSA) is 46.4 Å². The summed E-state index contributed by atoms with van der Waals surface area (Å²) in [5, 5.41) is 2.51. The van der Waals surface area contributed by atoms with Gasteiger partial charge in [-0.2, -0.15) is 0 Å². The molecule has 1 amide bonds. The molecular weight excluding hydrogens is 197 g/mol. The van der Waals surface area contributed by atoms with Crippen molar-refractivity contribution in [2.24, 2.45) is 0 Å². The van der Waals surface area contributed by atoms with E-state index in [-0.39, 0.29) is 18.1 Å². The Labute approximate surface area is 85.7 Å². The van der Waals surface area contributed by atoms with Crippen LogP contribution >= 0.6 is 0 Å². The first-order valence-corrected chi connectivity index (χ1v) is 4.53. The van der Waals surface area contributed by atoms with E-state index < -0.39 is 0 Å². The molecule has 0 bridgehead atoms. The van der Waals surface area contributed by atoms with E-state index in [4.69, 9.17) is 0 Å². The zero-order chi connectivity index (χ0) is 10.8. The molecule has 5 heteroatoms. The van der Waals surface area contributed by atoms with Crippen molar-refractivity contribution in [3.8, 4) is 0 Å². The average Bonchev–Trinajstić information content (AvgIpc) is 2.59. The summed E-state index contributed by atoms with van der Waals surface area (Å²) in [7, 11) is 1.57. The number of hydrogen-bond acceptors (Lipinski definition) is 2. The number of carbonyl (C=O) groups excluding carboxylic acids is 1. The lowest BCUT2D eigenvalue weighted by atomic mass is 10.3. The van der Waals surface area contributed by atoms with Crippen molar-refractivity contribution in [3.63, 3.8) is 0 Å². The molecule has 2 aromatic heterocycles. The van der Waals surface area contributed by atoms with Crippen LogP contribution in [0.5, 0.6) is 0 Å². The van der Waals surface area contributed by atoms with Crippen molar-refractivity contribution in [1.29, 1.82) is 0 Å². The second-order valence-corrected chi connectivity index (χ2v) is 3.19. The molecule has 0 atom stereocenters. The van der Waals surface area contributed by atoms with E-state index in [1.807, 2.05) is 0 Å². The van der Waals surface area contributed by atoms with Gasteiger partial charge in [0.05, 0.1) is 12.1 Å². The van der Waals surface area contributed by atoms with E-state index in [1.165, 1.54) is 12.3 Å². The molecule has 2 heterocycles. The van der Waals surface area contributed by atoms with Crippen LogP contribution in [0.4, 0.5) is 4.39 Å². The molecule has 0 aliphatic heterocycles. The van der Waals surface area contributed by atoms with Crippen LogP contribution in [-0.2, 0) is 11.2 Å². The summed E-state index contributed by atoms with van der Waals surface area (Å²) < 4.78 is 14.4. The highest BCUT2D eigenvalue weighted by atomic mass is 19.1. The van der Waals surface area contributed by atoms with Crippen LogP contribution in [0, 0.1) is 5.82 Å². The fourth-order valence-electron chi connectivity index (χ4n) is 1.36. The summed E-state index contributed by atoms with van der Waals surface area (Å²) in [6.07, 6.45) is 3.18. The predicted octanol–water partition coefficient (Wildman–Crippen LogP) is 0.762. The van der Waals surface area contributed by atoms with E-state index in [1.54, 1.807) is 23.7 Å². The van der Waals surface area contributed by atoms with Gasteiger partial charge < -0.3 is 9.72 Å². The van der Waals surface area contributed by atoms with Gasteiger partial charge >= 0.3 is 0 Å². The summed E-state index contributed by atoms with van der Waals surface area (Å²) >= 11 is 0. The minimum absolute atomic E-state index is 0.112. The average molecular weight is 207 g/mol. The number of hydrogen-bond donors (Lipinski definition) is 1. The highest BCUT2D eigenvalue weighted by molar-refractivity contribution is 5.77. The third-order valence-electron chi connectivity index (χ3n) is 2.09. The standard InChI is InChI=1S/C10H10FN3O/c1-12-10(15)4-8-6-14-5-7(11)2-3-9(14)13-8/h2-3,5-6H,4H2,1H3,(H,12,15). The van der Waals surface area contributed by atoms with Gasteiger partial charge in [-0.15, -0.1) is 0 Å². The highest BCUT2D eigenvalue weighted by Gasteiger charge is 2.06. The van der Waals surface area contributed by atoms with Crippen LogP contribution in [0.1, 0.15) is 5.69 Å². The van der Waals surface area contributed by atoms with Crippen molar-refractivity contribution >= 4 is 11.6 Å². The SMILES string of the molecule is CNC(=O)Cc1cn2cc(F)ccc2n1. The maximum Gasteiger partial charge on any atom is 0.225 e. The number of fused-ring (bicyclic) bond motifs is 1. The largest absolute Gasteiger partial charge is 0.359 e. The third-order valence-corrected chi connectivity index (χ3v) is 2.09. The van der Waals surface area contributed by atoms with Crippen molar-refractivity contribution in [2.75, 3.05) is 7.05 Å². The smallest absolute Gasteiger partial charge is 0.225 e. The van der Waals surface area contributed by atoms with E-state index in [0.717, 1.165) is 0 Å². The van der Waals surface area contributed by atoms with Crippen LogP contribution in [0.15, 0.2) is 24.5 Å². The molecule has 0 aliphatic carbocycles. The van der Waals surface area contributed by atoms with Gasteiger partial charge in [0.25, 0.3) is 0 Å². The van der Waals surface area contributed by atoms with Crippen LogP contribution in [0.3, 0.4) is 0 Å². The molecular formula is C10H10FN3O. The predicted molar refractivity (Wildman–Crippen MR) is 52.9 cm³/mol. The lowest BCUT2D eigenvalue weighted by Gasteiger charge is -1.93. The number of pyridine rings is 1. The second-order valence-electron chi connectivity index (χ2n) is 3.19. The van der Waals surface area contributed by atoms with Crippen LogP contribution in [0.2, 0.25) is 0 Å². The second kappa shape index (κ2) is 3.68. The molecule has 0 spiro atoms. The minimum atomic E-state index is -0.327. The first-order valence-electron chi connectivity index (χ1n) is 4.53. The van der Waals surface area contributed by atoms with Gasteiger partial charge in [0, 0.05) is 19.4 Å². The van der Waals surface area contributed by atoms with E-state index in [0.29, 0.717) is 11.3 Å². The van der Waals surface area contributed by atoms with E-state index in [9.17, 15) is 9.18 Å². The molecule has 2 aromatic rings. The maximum atomic E-state index is 12.8. The fraction of sp³-hybridized carbons (Fsp3) is 0.200. The van der Waals surface area contributed by atoms with Gasteiger partial charge in [-0.3, -0.25) is 4.79 Å². The number of imidazole rings is 1. The molecule has 0 aromatic carbocycles. The summed E-state index contributed by atoms with van der Waals surface area (Å²) in [5.74, 6) is -0.440. The van der Waals surface area contributed by atoms with Gasteiger partial charge in [0.1, 0.15) is 11.5 Å².